The first-order chi connectivity index (χ1) is 6.36. The molecular formula is C11H12N2. The third-order valence-electron chi connectivity index (χ3n) is 2.30. The predicted molar refractivity (Wildman–Crippen MR) is 55.6 cm³/mol. The highest BCUT2D eigenvalue weighted by molar-refractivity contribution is 5.86. The Bertz CT molecular complexity index is 440. The summed E-state index contributed by atoms with van der Waals surface area (Å²) in [7, 11) is 0. The molecule has 2 heteroatoms. The van der Waals surface area contributed by atoms with Gasteiger partial charge in [0.2, 0.25) is 0 Å². The topological polar surface area (TPSA) is 28.7 Å². The number of aromatic amines is 1. The summed E-state index contributed by atoms with van der Waals surface area (Å²) in [5.41, 5.74) is 4.56. The van der Waals surface area contributed by atoms with Crippen molar-refractivity contribution >= 4 is 17.1 Å². The Hall–Kier alpha value is -1.57. The molecule has 0 saturated heterocycles. The summed E-state index contributed by atoms with van der Waals surface area (Å²) in [5.74, 6) is 0. The number of H-pyrrole nitrogens is 1. The van der Waals surface area contributed by atoms with Crippen LogP contribution in [0.4, 0.5) is 0 Å². The van der Waals surface area contributed by atoms with Crippen molar-refractivity contribution in [1.29, 1.82) is 0 Å². The van der Waals surface area contributed by atoms with Crippen molar-refractivity contribution < 1.29 is 0 Å². The van der Waals surface area contributed by atoms with Crippen molar-refractivity contribution in [1.82, 2.24) is 9.97 Å². The maximum atomic E-state index is 4.29. The molecule has 0 spiro atoms. The van der Waals surface area contributed by atoms with Gasteiger partial charge in [0.1, 0.15) is 0 Å². The number of hydrogen-bond acceptors (Lipinski definition) is 1. The molecule has 0 atom stereocenters. The summed E-state index contributed by atoms with van der Waals surface area (Å²) >= 11 is 0. The fourth-order valence-electron chi connectivity index (χ4n) is 1.57. The van der Waals surface area contributed by atoms with Crippen LogP contribution in [0.2, 0.25) is 0 Å². The van der Waals surface area contributed by atoms with E-state index in [2.05, 4.69) is 35.6 Å². The third kappa shape index (κ3) is 1.15. The zero-order valence-electron chi connectivity index (χ0n) is 7.67. The lowest BCUT2D eigenvalue weighted by Crippen LogP contribution is -1.85. The van der Waals surface area contributed by atoms with Gasteiger partial charge in [-0.15, -0.1) is 0 Å². The van der Waals surface area contributed by atoms with Crippen LogP contribution >= 0.6 is 0 Å². The number of aromatic nitrogens is 2. The summed E-state index contributed by atoms with van der Waals surface area (Å²) < 4.78 is 0. The highest BCUT2D eigenvalue weighted by Gasteiger charge is 2.04. The van der Waals surface area contributed by atoms with Crippen LogP contribution in [0.25, 0.3) is 17.1 Å². The van der Waals surface area contributed by atoms with Gasteiger partial charge >= 0.3 is 0 Å². The number of hydrogen-bond donors (Lipinski definition) is 1. The van der Waals surface area contributed by atoms with Crippen LogP contribution in [0.3, 0.4) is 0 Å². The molecule has 0 bridgehead atoms. The molecule has 1 N–H and O–H groups in total. The number of nitrogens with zero attached hydrogens (tertiary/aromatic N) is 1. The van der Waals surface area contributed by atoms with E-state index in [0.29, 0.717) is 0 Å². The van der Waals surface area contributed by atoms with Crippen molar-refractivity contribution in [2.45, 2.75) is 13.3 Å². The van der Waals surface area contributed by atoms with Gasteiger partial charge in [-0.3, -0.25) is 0 Å². The smallest absolute Gasteiger partial charge is 0.0932 e. The van der Waals surface area contributed by atoms with Crippen LogP contribution in [-0.2, 0) is 6.42 Å². The molecule has 0 amide bonds. The van der Waals surface area contributed by atoms with Gasteiger partial charge in [-0.05, 0) is 17.5 Å². The number of fused-ring (bicyclic) bond motifs is 1. The Morgan fingerprint density at radius 3 is 3.08 bits per heavy atom. The second kappa shape index (κ2) is 3.05. The summed E-state index contributed by atoms with van der Waals surface area (Å²) in [5, 5.41) is 0. The van der Waals surface area contributed by atoms with E-state index < -0.39 is 0 Å². The number of rotatable bonds is 2. The lowest BCUT2D eigenvalue weighted by molar-refractivity contribution is 1.15. The minimum Gasteiger partial charge on any atom is -0.344 e. The summed E-state index contributed by atoms with van der Waals surface area (Å²) in [4.78, 5) is 7.43. The van der Waals surface area contributed by atoms with Crippen molar-refractivity contribution in [3.8, 4) is 0 Å². The Balaban J connectivity index is 2.81. The van der Waals surface area contributed by atoms with Crippen LogP contribution in [0.15, 0.2) is 25.0 Å². The molecule has 1 heterocycles. The van der Waals surface area contributed by atoms with Crippen LogP contribution < -0.4 is 0 Å². The highest BCUT2D eigenvalue weighted by Crippen LogP contribution is 2.20. The van der Waals surface area contributed by atoms with Gasteiger partial charge < -0.3 is 4.98 Å². The molecule has 2 rings (SSSR count). The minimum atomic E-state index is 1.01. The minimum absolute atomic E-state index is 1.01. The molecule has 1 aromatic carbocycles. The summed E-state index contributed by atoms with van der Waals surface area (Å²) in [6.45, 7) is 5.90. The van der Waals surface area contributed by atoms with E-state index in [9.17, 15) is 0 Å². The van der Waals surface area contributed by atoms with Crippen LogP contribution in [0.5, 0.6) is 0 Å². The lowest BCUT2D eigenvalue weighted by Gasteiger charge is -2.00. The Morgan fingerprint density at radius 2 is 2.38 bits per heavy atom. The predicted octanol–water partition coefficient (Wildman–Crippen LogP) is 2.77. The molecule has 0 radical (unpaired) electrons. The third-order valence-corrected chi connectivity index (χ3v) is 2.30. The van der Waals surface area contributed by atoms with Crippen LogP contribution in [0, 0.1) is 0 Å². The fraction of sp³-hybridized carbons (Fsp3) is 0.182. The average Bonchev–Trinajstić information content (AvgIpc) is 2.64. The van der Waals surface area contributed by atoms with Crippen molar-refractivity contribution in [3.63, 3.8) is 0 Å². The zero-order valence-corrected chi connectivity index (χ0v) is 7.67. The van der Waals surface area contributed by atoms with Gasteiger partial charge in [0.25, 0.3) is 0 Å². The van der Waals surface area contributed by atoms with E-state index in [0.717, 1.165) is 23.0 Å². The number of aryl methyl sites for hydroxylation is 1. The monoisotopic (exact) mass is 172 g/mol. The fourth-order valence-corrected chi connectivity index (χ4v) is 1.57. The number of imidazole rings is 1. The molecule has 1 aromatic heterocycles. The molecule has 0 unspecified atom stereocenters. The second-order valence-corrected chi connectivity index (χ2v) is 3.00. The van der Waals surface area contributed by atoms with E-state index in [4.69, 9.17) is 0 Å². The maximum absolute atomic E-state index is 4.29. The molecular weight excluding hydrogens is 160 g/mol. The molecule has 0 aliphatic rings. The normalized spacial score (nSPS) is 10.5. The van der Waals surface area contributed by atoms with E-state index in [1.165, 1.54) is 5.56 Å². The van der Waals surface area contributed by atoms with Crippen LogP contribution in [0.1, 0.15) is 18.1 Å². The van der Waals surface area contributed by atoms with Gasteiger partial charge in [-0.2, -0.15) is 0 Å². The Kier molecular flexibility index (Phi) is 1.89. The van der Waals surface area contributed by atoms with Crippen molar-refractivity contribution in [3.05, 3.63) is 36.2 Å². The average molecular weight is 172 g/mol. The molecule has 2 aromatic rings. The molecule has 0 fully saturated rings. The first-order valence-corrected chi connectivity index (χ1v) is 4.44. The maximum Gasteiger partial charge on any atom is 0.0932 e. The highest BCUT2D eigenvalue weighted by atomic mass is 14.9. The quantitative estimate of drug-likeness (QED) is 0.741. The van der Waals surface area contributed by atoms with Gasteiger partial charge in [0.15, 0.2) is 0 Å². The Morgan fingerprint density at radius 1 is 1.54 bits per heavy atom. The van der Waals surface area contributed by atoms with E-state index in [-0.39, 0.29) is 0 Å². The molecule has 13 heavy (non-hydrogen) atoms. The largest absolute Gasteiger partial charge is 0.344 e. The number of benzene rings is 1. The Labute approximate surface area is 77.3 Å². The first kappa shape index (κ1) is 8.05. The SMILES string of the molecule is C=Cc1ccc(CC)c2nc[nH]c12. The van der Waals surface area contributed by atoms with Gasteiger partial charge in [0.05, 0.1) is 17.4 Å². The second-order valence-electron chi connectivity index (χ2n) is 3.00. The number of nitrogens with one attached hydrogen (secondary N) is 1. The lowest BCUT2D eigenvalue weighted by atomic mass is 10.1. The summed E-state index contributed by atoms with van der Waals surface area (Å²) in [6, 6.07) is 4.19. The van der Waals surface area contributed by atoms with Crippen molar-refractivity contribution in [2.75, 3.05) is 0 Å². The van der Waals surface area contributed by atoms with E-state index >= 15 is 0 Å². The van der Waals surface area contributed by atoms with Gasteiger partial charge in [-0.1, -0.05) is 31.7 Å². The first-order valence-electron chi connectivity index (χ1n) is 4.44. The van der Waals surface area contributed by atoms with Crippen molar-refractivity contribution in [2.24, 2.45) is 0 Å². The van der Waals surface area contributed by atoms with Gasteiger partial charge in [-0.25, -0.2) is 4.98 Å². The zero-order chi connectivity index (χ0) is 9.26. The van der Waals surface area contributed by atoms with E-state index in [1.54, 1.807) is 6.33 Å². The summed E-state index contributed by atoms with van der Waals surface area (Å²) in [6.07, 6.45) is 4.59. The van der Waals surface area contributed by atoms with Gasteiger partial charge in [0, 0.05) is 0 Å². The van der Waals surface area contributed by atoms with E-state index in [1.807, 2.05) is 6.08 Å². The molecule has 0 saturated carbocycles. The van der Waals surface area contributed by atoms with Crippen LogP contribution in [-0.4, -0.2) is 9.97 Å². The standard InChI is InChI=1S/C11H12N2/c1-3-8-5-6-9(4-2)11-10(8)12-7-13-11/h3,5-7H,1,4H2,2H3,(H,12,13). The molecule has 0 aliphatic carbocycles. The molecule has 66 valence electrons. The molecule has 0 aliphatic heterocycles. The molecule has 2 nitrogen and oxygen atoms in total.